The first-order valence-corrected chi connectivity index (χ1v) is 8.74. The molecule has 3 aromatic carbocycles. The Kier molecular flexibility index (Phi) is 6.21. The Labute approximate surface area is 163 Å². The lowest BCUT2D eigenvalue weighted by Crippen LogP contribution is -2.13. The number of anilines is 2. The van der Waals surface area contributed by atoms with Crippen molar-refractivity contribution in [3.05, 3.63) is 96.1 Å². The molecule has 2 amide bonds. The number of carbonyl (C=O) groups excluding carboxylic acids is 2. The molecule has 2 N–H and O–H groups in total. The Morgan fingerprint density at radius 2 is 1.50 bits per heavy atom. The highest BCUT2D eigenvalue weighted by molar-refractivity contribution is 6.06. The van der Waals surface area contributed by atoms with Crippen LogP contribution in [0.2, 0.25) is 0 Å². The molecule has 28 heavy (non-hydrogen) atoms. The molecule has 0 fully saturated rings. The van der Waals surface area contributed by atoms with Crippen molar-refractivity contribution < 1.29 is 14.3 Å². The average molecular weight is 372 g/mol. The molecule has 0 spiro atoms. The molecule has 0 aliphatic rings. The number of amides is 2. The standard InChI is InChI=1S/C23H20N2O3/c1-28-21-10-6-5-9-20(21)25-23(27)18-12-14-19(15-13-18)24-22(26)16-11-17-7-3-2-4-8-17/h2-16H,1H3,(H,24,26)(H,25,27)/b16-11+. The van der Waals surface area contributed by atoms with E-state index in [1.807, 2.05) is 42.5 Å². The number of hydrogen-bond donors (Lipinski definition) is 2. The van der Waals surface area contributed by atoms with Gasteiger partial charge in [-0.05, 0) is 48.0 Å². The number of rotatable bonds is 6. The van der Waals surface area contributed by atoms with E-state index in [-0.39, 0.29) is 11.8 Å². The van der Waals surface area contributed by atoms with Crippen molar-refractivity contribution in [1.82, 2.24) is 0 Å². The topological polar surface area (TPSA) is 67.4 Å². The van der Waals surface area contributed by atoms with E-state index >= 15 is 0 Å². The smallest absolute Gasteiger partial charge is 0.255 e. The van der Waals surface area contributed by atoms with E-state index < -0.39 is 0 Å². The lowest BCUT2D eigenvalue weighted by Gasteiger charge is -2.10. The first-order valence-electron chi connectivity index (χ1n) is 8.74. The van der Waals surface area contributed by atoms with Crippen molar-refractivity contribution in [2.45, 2.75) is 0 Å². The van der Waals surface area contributed by atoms with Gasteiger partial charge in [0.1, 0.15) is 5.75 Å². The van der Waals surface area contributed by atoms with Crippen LogP contribution in [0.3, 0.4) is 0 Å². The van der Waals surface area contributed by atoms with Gasteiger partial charge in [-0.3, -0.25) is 9.59 Å². The lowest BCUT2D eigenvalue weighted by molar-refractivity contribution is -0.111. The number of methoxy groups -OCH3 is 1. The van der Waals surface area contributed by atoms with Crippen LogP contribution in [0.15, 0.2) is 84.9 Å². The van der Waals surface area contributed by atoms with Crippen molar-refractivity contribution in [1.29, 1.82) is 0 Å². The highest BCUT2D eigenvalue weighted by Gasteiger charge is 2.09. The fourth-order valence-corrected chi connectivity index (χ4v) is 2.57. The van der Waals surface area contributed by atoms with Crippen molar-refractivity contribution in [2.75, 3.05) is 17.7 Å². The number of para-hydroxylation sites is 2. The summed E-state index contributed by atoms with van der Waals surface area (Å²) in [7, 11) is 1.55. The van der Waals surface area contributed by atoms with Gasteiger partial charge in [0, 0.05) is 17.3 Å². The molecule has 140 valence electrons. The second kappa shape index (κ2) is 9.19. The SMILES string of the molecule is COc1ccccc1NC(=O)c1ccc(NC(=O)/C=C/c2ccccc2)cc1. The largest absolute Gasteiger partial charge is 0.495 e. The highest BCUT2D eigenvalue weighted by Crippen LogP contribution is 2.23. The summed E-state index contributed by atoms with van der Waals surface area (Å²) >= 11 is 0. The summed E-state index contributed by atoms with van der Waals surface area (Å²) in [6.45, 7) is 0. The number of carbonyl (C=O) groups is 2. The van der Waals surface area contributed by atoms with Crippen LogP contribution in [0, 0.1) is 0 Å². The summed E-state index contributed by atoms with van der Waals surface area (Å²) in [5, 5.41) is 5.58. The second-order valence-corrected chi connectivity index (χ2v) is 5.97. The molecule has 0 saturated carbocycles. The Hall–Kier alpha value is -3.86. The average Bonchev–Trinajstić information content (AvgIpc) is 2.74. The molecule has 0 unspecified atom stereocenters. The van der Waals surface area contributed by atoms with Gasteiger partial charge in [-0.1, -0.05) is 42.5 Å². The Morgan fingerprint density at radius 1 is 0.821 bits per heavy atom. The third-order valence-electron chi connectivity index (χ3n) is 4.00. The van der Waals surface area contributed by atoms with Gasteiger partial charge in [0.15, 0.2) is 0 Å². The zero-order valence-corrected chi connectivity index (χ0v) is 15.4. The van der Waals surface area contributed by atoms with Gasteiger partial charge in [-0.2, -0.15) is 0 Å². The molecular formula is C23H20N2O3. The molecule has 3 rings (SSSR count). The van der Waals surface area contributed by atoms with Gasteiger partial charge in [0.05, 0.1) is 12.8 Å². The van der Waals surface area contributed by atoms with E-state index in [9.17, 15) is 9.59 Å². The third-order valence-corrected chi connectivity index (χ3v) is 4.00. The van der Waals surface area contributed by atoms with E-state index in [1.165, 1.54) is 6.08 Å². The maximum Gasteiger partial charge on any atom is 0.255 e. The Balaban J connectivity index is 1.60. The number of hydrogen-bond acceptors (Lipinski definition) is 3. The maximum absolute atomic E-state index is 12.4. The third kappa shape index (κ3) is 5.08. The van der Waals surface area contributed by atoms with Crippen LogP contribution in [-0.2, 0) is 4.79 Å². The van der Waals surface area contributed by atoms with Crippen LogP contribution >= 0.6 is 0 Å². The fraction of sp³-hybridized carbons (Fsp3) is 0.0435. The molecule has 0 saturated heterocycles. The van der Waals surface area contributed by atoms with Crippen LogP contribution in [0.25, 0.3) is 6.08 Å². The summed E-state index contributed by atoms with van der Waals surface area (Å²) in [5.41, 5.74) is 2.62. The molecule has 0 radical (unpaired) electrons. The van der Waals surface area contributed by atoms with Gasteiger partial charge < -0.3 is 15.4 Å². The normalized spacial score (nSPS) is 10.5. The zero-order chi connectivity index (χ0) is 19.8. The molecular weight excluding hydrogens is 352 g/mol. The summed E-state index contributed by atoms with van der Waals surface area (Å²) in [4.78, 5) is 24.4. The van der Waals surface area contributed by atoms with E-state index in [0.717, 1.165) is 5.56 Å². The number of nitrogens with one attached hydrogen (secondary N) is 2. The van der Waals surface area contributed by atoms with E-state index in [4.69, 9.17) is 4.74 Å². The minimum absolute atomic E-state index is 0.241. The van der Waals surface area contributed by atoms with E-state index in [2.05, 4.69) is 10.6 Å². The van der Waals surface area contributed by atoms with Gasteiger partial charge in [-0.25, -0.2) is 0 Å². The van der Waals surface area contributed by atoms with Crippen LogP contribution in [0.1, 0.15) is 15.9 Å². The van der Waals surface area contributed by atoms with Gasteiger partial charge in [0.2, 0.25) is 5.91 Å². The van der Waals surface area contributed by atoms with Crippen LogP contribution < -0.4 is 15.4 Å². The van der Waals surface area contributed by atoms with Crippen LogP contribution in [0.4, 0.5) is 11.4 Å². The molecule has 0 aliphatic carbocycles. The predicted octanol–water partition coefficient (Wildman–Crippen LogP) is 4.60. The highest BCUT2D eigenvalue weighted by atomic mass is 16.5. The molecule has 0 aliphatic heterocycles. The summed E-state index contributed by atoms with van der Waals surface area (Å²) in [5.74, 6) is 0.0892. The van der Waals surface area contributed by atoms with Crippen molar-refractivity contribution in [3.8, 4) is 5.75 Å². The fourth-order valence-electron chi connectivity index (χ4n) is 2.57. The first-order chi connectivity index (χ1) is 13.7. The maximum atomic E-state index is 12.4. The summed E-state index contributed by atoms with van der Waals surface area (Å²) in [6, 6.07) is 23.4. The van der Waals surface area contributed by atoms with Crippen LogP contribution in [0.5, 0.6) is 5.75 Å². The summed E-state index contributed by atoms with van der Waals surface area (Å²) < 4.78 is 5.23. The molecule has 3 aromatic rings. The Morgan fingerprint density at radius 3 is 2.21 bits per heavy atom. The van der Waals surface area contributed by atoms with Gasteiger partial charge in [0.25, 0.3) is 5.91 Å². The van der Waals surface area contributed by atoms with Crippen LogP contribution in [-0.4, -0.2) is 18.9 Å². The second-order valence-electron chi connectivity index (χ2n) is 5.97. The monoisotopic (exact) mass is 372 g/mol. The van der Waals surface area contributed by atoms with E-state index in [0.29, 0.717) is 22.7 Å². The molecule has 0 heterocycles. The van der Waals surface area contributed by atoms with Crippen molar-refractivity contribution >= 4 is 29.3 Å². The van der Waals surface area contributed by atoms with Crippen molar-refractivity contribution in [3.63, 3.8) is 0 Å². The Bertz CT molecular complexity index is 980. The lowest BCUT2D eigenvalue weighted by atomic mass is 10.1. The zero-order valence-electron chi connectivity index (χ0n) is 15.4. The number of benzene rings is 3. The number of ether oxygens (including phenoxy) is 1. The quantitative estimate of drug-likeness (QED) is 0.622. The van der Waals surface area contributed by atoms with Gasteiger partial charge >= 0.3 is 0 Å². The van der Waals surface area contributed by atoms with Gasteiger partial charge in [-0.15, -0.1) is 0 Å². The minimum atomic E-state index is -0.258. The van der Waals surface area contributed by atoms with E-state index in [1.54, 1.807) is 49.6 Å². The first kappa shape index (κ1) is 18.9. The molecule has 0 aromatic heterocycles. The minimum Gasteiger partial charge on any atom is -0.495 e. The molecule has 0 bridgehead atoms. The predicted molar refractivity (Wildman–Crippen MR) is 111 cm³/mol. The van der Waals surface area contributed by atoms with Crippen molar-refractivity contribution in [2.24, 2.45) is 0 Å². The molecule has 5 heteroatoms. The molecule has 5 nitrogen and oxygen atoms in total. The molecule has 0 atom stereocenters. The summed E-state index contributed by atoms with van der Waals surface area (Å²) in [6.07, 6.45) is 3.21.